The molecule has 0 aromatic heterocycles. The lowest BCUT2D eigenvalue weighted by atomic mass is 9.72. The van der Waals surface area contributed by atoms with Crippen molar-refractivity contribution in [3.63, 3.8) is 0 Å². The number of carbonyl (C=O) groups excluding carboxylic acids is 1. The molecule has 6 heteroatoms. The lowest BCUT2D eigenvalue weighted by molar-refractivity contribution is -0.208. The smallest absolute Gasteiger partial charge is 0.334 e. The van der Waals surface area contributed by atoms with E-state index in [4.69, 9.17) is 0 Å². The third-order valence-electron chi connectivity index (χ3n) is 5.88. The second-order valence-corrected chi connectivity index (χ2v) is 8.47. The number of hydrogen-bond acceptors (Lipinski definition) is 2. The Kier molecular flexibility index (Phi) is 4.18. The zero-order valence-electron chi connectivity index (χ0n) is 14.2. The summed E-state index contributed by atoms with van der Waals surface area (Å²) in [5.74, 6) is -1.70. The van der Waals surface area contributed by atoms with Crippen LogP contribution in [-0.4, -0.2) is 52.6 Å². The van der Waals surface area contributed by atoms with Crippen molar-refractivity contribution in [2.75, 3.05) is 13.1 Å². The number of carbonyl (C=O) groups is 1. The second-order valence-electron chi connectivity index (χ2n) is 8.47. The van der Waals surface area contributed by atoms with E-state index in [-0.39, 0.29) is 36.4 Å². The van der Waals surface area contributed by atoms with Gasteiger partial charge in [-0.25, -0.2) is 0 Å². The van der Waals surface area contributed by atoms with Gasteiger partial charge in [0, 0.05) is 36.6 Å². The first kappa shape index (κ1) is 17.1. The van der Waals surface area contributed by atoms with Crippen LogP contribution in [0.4, 0.5) is 13.2 Å². The number of hydrogen-bond donors (Lipinski definition) is 0. The molecule has 0 radical (unpaired) electrons. The monoisotopic (exact) mass is 332 g/mol. The Balaban J connectivity index is 1.66. The minimum atomic E-state index is -4.14. The number of likely N-dealkylation sites (tertiary alicyclic amines) is 1. The van der Waals surface area contributed by atoms with Gasteiger partial charge in [-0.15, -0.1) is 0 Å². The van der Waals surface area contributed by atoms with Crippen LogP contribution in [0.15, 0.2) is 0 Å². The van der Waals surface area contributed by atoms with E-state index in [1.165, 1.54) is 0 Å². The van der Waals surface area contributed by atoms with Gasteiger partial charge in [0.2, 0.25) is 5.91 Å². The van der Waals surface area contributed by atoms with E-state index in [9.17, 15) is 18.0 Å². The molecule has 3 nitrogen and oxygen atoms in total. The fourth-order valence-corrected chi connectivity index (χ4v) is 4.31. The van der Waals surface area contributed by atoms with Crippen LogP contribution in [0.25, 0.3) is 0 Å². The van der Waals surface area contributed by atoms with Crippen molar-refractivity contribution < 1.29 is 18.0 Å². The molecule has 0 N–H and O–H groups in total. The van der Waals surface area contributed by atoms with Crippen LogP contribution in [0.3, 0.4) is 0 Å². The number of nitrogens with zero attached hydrogens (tertiary/aromatic N) is 2. The zero-order chi connectivity index (χ0) is 17.0. The lowest BCUT2D eigenvalue weighted by Crippen LogP contribution is -2.66. The zero-order valence-corrected chi connectivity index (χ0v) is 14.2. The van der Waals surface area contributed by atoms with Gasteiger partial charge in [0.05, 0.1) is 5.92 Å². The van der Waals surface area contributed by atoms with Crippen LogP contribution in [0.5, 0.6) is 0 Å². The average Bonchev–Trinajstić information content (AvgIpc) is 2.32. The summed E-state index contributed by atoms with van der Waals surface area (Å²) < 4.78 is 38.0. The molecule has 0 aromatic carbocycles. The quantitative estimate of drug-likeness (QED) is 0.734. The molecular formula is C17H27F3N2O. The van der Waals surface area contributed by atoms with E-state index in [2.05, 4.69) is 25.7 Å². The maximum absolute atomic E-state index is 12.8. The van der Waals surface area contributed by atoms with Crippen LogP contribution >= 0.6 is 0 Å². The molecule has 1 saturated carbocycles. The summed E-state index contributed by atoms with van der Waals surface area (Å²) >= 11 is 0. The van der Waals surface area contributed by atoms with Gasteiger partial charge >= 0.3 is 6.18 Å². The molecule has 3 aliphatic rings. The molecular weight excluding hydrogens is 305 g/mol. The summed E-state index contributed by atoms with van der Waals surface area (Å²) in [7, 11) is 0. The van der Waals surface area contributed by atoms with Gasteiger partial charge in [-0.3, -0.25) is 9.69 Å². The van der Waals surface area contributed by atoms with Gasteiger partial charge in [-0.1, -0.05) is 0 Å². The highest BCUT2D eigenvalue weighted by Crippen LogP contribution is 2.46. The molecule has 1 amide bonds. The fraction of sp³-hybridized carbons (Fsp3) is 0.941. The Bertz CT molecular complexity index is 451. The summed E-state index contributed by atoms with van der Waals surface area (Å²) in [5, 5.41) is 0. The fourth-order valence-electron chi connectivity index (χ4n) is 4.31. The normalized spacial score (nSPS) is 35.8. The Labute approximate surface area is 136 Å². The Morgan fingerprint density at radius 2 is 1.52 bits per heavy atom. The lowest BCUT2D eigenvalue weighted by Gasteiger charge is -2.55. The predicted molar refractivity (Wildman–Crippen MR) is 81.9 cm³/mol. The van der Waals surface area contributed by atoms with Crippen molar-refractivity contribution in [3.8, 4) is 0 Å². The van der Waals surface area contributed by atoms with E-state index in [0.717, 1.165) is 32.4 Å². The van der Waals surface area contributed by atoms with Crippen LogP contribution in [0, 0.1) is 11.8 Å². The van der Waals surface area contributed by atoms with Crippen LogP contribution < -0.4 is 0 Å². The summed E-state index contributed by atoms with van der Waals surface area (Å²) in [6.07, 6.45) is -1.10. The Morgan fingerprint density at radius 3 is 1.96 bits per heavy atom. The van der Waals surface area contributed by atoms with Crippen molar-refractivity contribution in [2.24, 2.45) is 11.8 Å². The standard InChI is InChI=1S/C17H27F3N2O/c1-16(2,3)21-9-13-5-4-6-14(10-21)22(13)15(23)11-7-12(8-11)17(18,19)20/h11-14H,4-10H2,1-3H3. The highest BCUT2D eigenvalue weighted by atomic mass is 19.4. The predicted octanol–water partition coefficient (Wildman–Crippen LogP) is 3.44. The van der Waals surface area contributed by atoms with Crippen LogP contribution in [0.1, 0.15) is 52.9 Å². The summed E-state index contributed by atoms with van der Waals surface area (Å²) in [4.78, 5) is 17.1. The molecule has 3 fully saturated rings. The van der Waals surface area contributed by atoms with Crippen molar-refractivity contribution in [1.29, 1.82) is 0 Å². The minimum absolute atomic E-state index is 0.0126. The number of halogens is 3. The van der Waals surface area contributed by atoms with Crippen LogP contribution in [0.2, 0.25) is 0 Å². The molecule has 2 saturated heterocycles. The maximum atomic E-state index is 12.8. The number of alkyl halides is 3. The maximum Gasteiger partial charge on any atom is 0.391 e. The molecule has 2 unspecified atom stereocenters. The van der Waals surface area contributed by atoms with Gasteiger partial charge in [0.25, 0.3) is 0 Å². The summed E-state index contributed by atoms with van der Waals surface area (Å²) in [5.41, 5.74) is 0.0703. The average molecular weight is 332 g/mol. The minimum Gasteiger partial charge on any atom is -0.334 e. The van der Waals surface area contributed by atoms with Gasteiger partial charge in [-0.05, 0) is 52.9 Å². The van der Waals surface area contributed by atoms with E-state index in [0.29, 0.717) is 0 Å². The first-order valence-corrected chi connectivity index (χ1v) is 8.71. The largest absolute Gasteiger partial charge is 0.391 e. The number of rotatable bonds is 1. The van der Waals surface area contributed by atoms with E-state index in [1.54, 1.807) is 0 Å². The van der Waals surface area contributed by atoms with E-state index in [1.807, 2.05) is 4.90 Å². The van der Waals surface area contributed by atoms with Gasteiger partial charge in [-0.2, -0.15) is 13.2 Å². The van der Waals surface area contributed by atoms with Gasteiger partial charge < -0.3 is 4.90 Å². The third kappa shape index (κ3) is 3.24. The van der Waals surface area contributed by atoms with Crippen LogP contribution in [-0.2, 0) is 4.79 Å². The molecule has 132 valence electrons. The Morgan fingerprint density at radius 1 is 1.00 bits per heavy atom. The van der Waals surface area contributed by atoms with Crippen molar-refractivity contribution in [2.45, 2.75) is 76.7 Å². The molecule has 1 aliphatic carbocycles. The van der Waals surface area contributed by atoms with Gasteiger partial charge in [0.15, 0.2) is 0 Å². The van der Waals surface area contributed by atoms with Crippen molar-refractivity contribution in [3.05, 3.63) is 0 Å². The molecule has 3 rings (SSSR count). The topological polar surface area (TPSA) is 23.6 Å². The molecule has 0 aromatic rings. The Hall–Kier alpha value is -0.780. The second kappa shape index (κ2) is 5.64. The third-order valence-corrected chi connectivity index (χ3v) is 5.88. The number of piperidine rings is 1. The molecule has 0 spiro atoms. The number of amides is 1. The van der Waals surface area contributed by atoms with Gasteiger partial charge in [0.1, 0.15) is 0 Å². The molecule has 23 heavy (non-hydrogen) atoms. The van der Waals surface area contributed by atoms with E-state index >= 15 is 0 Å². The first-order valence-electron chi connectivity index (χ1n) is 8.71. The van der Waals surface area contributed by atoms with E-state index < -0.39 is 18.0 Å². The molecule has 2 atom stereocenters. The summed E-state index contributed by atoms with van der Waals surface area (Å²) in [6, 6.07) is 0.360. The van der Waals surface area contributed by atoms with Crippen molar-refractivity contribution in [1.82, 2.24) is 9.80 Å². The summed E-state index contributed by atoms with van der Waals surface area (Å²) in [6.45, 7) is 8.24. The highest BCUT2D eigenvalue weighted by molar-refractivity contribution is 5.80. The van der Waals surface area contributed by atoms with Crippen molar-refractivity contribution >= 4 is 5.91 Å². The molecule has 2 aliphatic heterocycles. The SMILES string of the molecule is CC(C)(C)N1CC2CCCC(C1)N2C(=O)C1CC(C(F)(F)F)C1. The molecule has 2 bridgehead atoms. The molecule has 2 heterocycles. The highest BCUT2D eigenvalue weighted by Gasteiger charge is 2.53. The number of fused-ring (bicyclic) bond motifs is 2. The first-order chi connectivity index (χ1) is 10.6. The number of piperazine rings is 1.